The Morgan fingerprint density at radius 1 is 0.963 bits per heavy atom. The van der Waals surface area contributed by atoms with Gasteiger partial charge in [-0.3, -0.25) is 14.9 Å². The number of hydrogen-bond acceptors (Lipinski definition) is 4. The molecule has 3 aromatic carbocycles. The van der Waals surface area contributed by atoms with E-state index in [1.807, 2.05) is 54.6 Å². The Hall–Kier alpha value is -3.73. The fourth-order valence-corrected chi connectivity index (χ4v) is 2.46. The molecule has 3 rings (SSSR count). The topological polar surface area (TPSA) is 69.4 Å². The summed E-state index contributed by atoms with van der Waals surface area (Å²) in [5.74, 6) is 0.448. The summed E-state index contributed by atoms with van der Waals surface area (Å²) >= 11 is 0. The maximum Gasteiger partial charge on any atom is 0.270 e. The van der Waals surface area contributed by atoms with Crippen molar-refractivity contribution in [1.82, 2.24) is 0 Å². The molecular weight excluding hydrogens is 342 g/mol. The molecule has 3 aromatic rings. The highest BCUT2D eigenvalue weighted by Crippen LogP contribution is 2.17. The number of allylic oxidation sites excluding steroid dienone is 1. The fraction of sp³-hybridized carbons (Fsp3) is 0.0455. The molecular formula is C22H17NO4. The zero-order valence-corrected chi connectivity index (χ0v) is 14.4. The molecule has 27 heavy (non-hydrogen) atoms. The minimum absolute atomic E-state index is 0.103. The van der Waals surface area contributed by atoms with Crippen molar-refractivity contribution >= 4 is 17.5 Å². The van der Waals surface area contributed by atoms with Gasteiger partial charge in [-0.1, -0.05) is 60.7 Å². The molecule has 0 atom stereocenters. The van der Waals surface area contributed by atoms with Gasteiger partial charge in [0.2, 0.25) is 0 Å². The summed E-state index contributed by atoms with van der Waals surface area (Å²) in [6, 6.07) is 22.9. The molecule has 0 aliphatic carbocycles. The number of hydrogen-bond donors (Lipinski definition) is 0. The maximum atomic E-state index is 12.2. The van der Waals surface area contributed by atoms with Gasteiger partial charge in [0.1, 0.15) is 12.4 Å². The Balaban J connectivity index is 1.61. The van der Waals surface area contributed by atoms with Crippen molar-refractivity contribution in [2.24, 2.45) is 0 Å². The number of carbonyl (C=O) groups is 1. The van der Waals surface area contributed by atoms with Crippen molar-refractivity contribution in [3.05, 3.63) is 112 Å². The predicted octanol–water partition coefficient (Wildman–Crippen LogP) is 5.07. The van der Waals surface area contributed by atoms with E-state index in [1.165, 1.54) is 24.3 Å². The van der Waals surface area contributed by atoms with Gasteiger partial charge < -0.3 is 4.74 Å². The smallest absolute Gasteiger partial charge is 0.270 e. The molecule has 0 amide bonds. The second-order valence-corrected chi connectivity index (χ2v) is 5.85. The van der Waals surface area contributed by atoms with Crippen molar-refractivity contribution in [1.29, 1.82) is 0 Å². The SMILES string of the molecule is O=C(C=Cc1ccc(OCc2ccccc2)cc1)c1cccc([N+](=O)[O-])c1. The zero-order chi connectivity index (χ0) is 19.1. The Labute approximate surface area is 156 Å². The van der Waals surface area contributed by atoms with Crippen LogP contribution in [-0.4, -0.2) is 10.7 Å². The molecule has 0 saturated carbocycles. The van der Waals surface area contributed by atoms with Gasteiger partial charge in [0, 0.05) is 17.7 Å². The molecule has 0 heterocycles. The van der Waals surface area contributed by atoms with E-state index in [9.17, 15) is 14.9 Å². The van der Waals surface area contributed by atoms with Gasteiger partial charge in [-0.05, 0) is 29.3 Å². The second kappa shape index (κ2) is 8.58. The highest BCUT2D eigenvalue weighted by molar-refractivity contribution is 6.07. The van der Waals surface area contributed by atoms with Crippen LogP contribution in [0, 0.1) is 10.1 Å². The third-order valence-electron chi connectivity index (χ3n) is 3.90. The van der Waals surface area contributed by atoms with Gasteiger partial charge in [0.05, 0.1) is 4.92 Å². The van der Waals surface area contributed by atoms with Crippen LogP contribution in [0.2, 0.25) is 0 Å². The molecule has 0 fully saturated rings. The van der Waals surface area contributed by atoms with E-state index in [1.54, 1.807) is 12.1 Å². The molecule has 0 aliphatic heterocycles. The number of rotatable bonds is 7. The number of nitro benzene ring substituents is 1. The highest BCUT2D eigenvalue weighted by atomic mass is 16.6. The number of nitro groups is 1. The van der Waals surface area contributed by atoms with E-state index in [0.717, 1.165) is 16.9 Å². The van der Waals surface area contributed by atoms with Crippen molar-refractivity contribution in [3.8, 4) is 5.75 Å². The van der Waals surface area contributed by atoms with Crippen LogP contribution in [-0.2, 0) is 6.61 Å². The normalized spacial score (nSPS) is 10.7. The fourth-order valence-electron chi connectivity index (χ4n) is 2.46. The third-order valence-corrected chi connectivity index (χ3v) is 3.90. The standard InChI is InChI=1S/C22H17NO4/c24-22(19-7-4-8-20(15-19)23(25)26)14-11-17-9-12-21(13-10-17)27-16-18-5-2-1-3-6-18/h1-15H,16H2. The summed E-state index contributed by atoms with van der Waals surface area (Å²) in [6.07, 6.45) is 3.07. The van der Waals surface area contributed by atoms with E-state index >= 15 is 0 Å². The van der Waals surface area contributed by atoms with Gasteiger partial charge in [-0.25, -0.2) is 0 Å². The van der Waals surface area contributed by atoms with E-state index in [0.29, 0.717) is 6.61 Å². The highest BCUT2D eigenvalue weighted by Gasteiger charge is 2.09. The lowest BCUT2D eigenvalue weighted by Gasteiger charge is -2.06. The van der Waals surface area contributed by atoms with Crippen LogP contribution in [0.1, 0.15) is 21.5 Å². The van der Waals surface area contributed by atoms with Crippen molar-refractivity contribution in [2.75, 3.05) is 0 Å². The second-order valence-electron chi connectivity index (χ2n) is 5.85. The van der Waals surface area contributed by atoms with Crippen molar-refractivity contribution < 1.29 is 14.5 Å². The Morgan fingerprint density at radius 2 is 1.70 bits per heavy atom. The summed E-state index contributed by atoms with van der Waals surface area (Å²) in [5.41, 5.74) is 2.10. The largest absolute Gasteiger partial charge is 0.489 e. The van der Waals surface area contributed by atoms with Crippen molar-refractivity contribution in [2.45, 2.75) is 6.61 Å². The molecule has 5 nitrogen and oxygen atoms in total. The minimum atomic E-state index is -0.519. The minimum Gasteiger partial charge on any atom is -0.489 e. The molecule has 0 aliphatic rings. The number of ether oxygens (including phenoxy) is 1. The molecule has 0 spiro atoms. The van der Waals surface area contributed by atoms with Gasteiger partial charge in [-0.15, -0.1) is 0 Å². The van der Waals surface area contributed by atoms with Crippen LogP contribution in [0.15, 0.2) is 84.9 Å². The summed E-state index contributed by atoms with van der Waals surface area (Å²) in [4.78, 5) is 22.5. The lowest BCUT2D eigenvalue weighted by atomic mass is 10.1. The van der Waals surface area contributed by atoms with E-state index in [4.69, 9.17) is 4.74 Å². The molecule has 0 saturated heterocycles. The van der Waals surface area contributed by atoms with Crippen LogP contribution in [0.3, 0.4) is 0 Å². The van der Waals surface area contributed by atoms with Crippen LogP contribution in [0.25, 0.3) is 6.08 Å². The number of carbonyl (C=O) groups excluding carboxylic acids is 1. The summed E-state index contributed by atoms with van der Waals surface area (Å²) in [6.45, 7) is 0.487. The number of non-ortho nitro benzene ring substituents is 1. The average Bonchev–Trinajstić information content (AvgIpc) is 2.72. The molecule has 0 aromatic heterocycles. The first-order valence-electron chi connectivity index (χ1n) is 8.35. The van der Waals surface area contributed by atoms with Crippen LogP contribution >= 0.6 is 0 Å². The Bertz CT molecular complexity index is 963. The molecule has 0 unspecified atom stereocenters. The Kier molecular flexibility index (Phi) is 5.74. The molecule has 0 bridgehead atoms. The monoisotopic (exact) mass is 359 g/mol. The zero-order valence-electron chi connectivity index (χ0n) is 14.4. The van der Waals surface area contributed by atoms with Crippen LogP contribution in [0.4, 0.5) is 5.69 Å². The van der Waals surface area contributed by atoms with Crippen LogP contribution in [0.5, 0.6) is 5.75 Å². The molecule has 5 heteroatoms. The maximum absolute atomic E-state index is 12.2. The first-order chi connectivity index (χ1) is 13.1. The van der Waals surface area contributed by atoms with Gasteiger partial charge >= 0.3 is 0 Å². The van der Waals surface area contributed by atoms with E-state index in [2.05, 4.69) is 0 Å². The molecule has 0 radical (unpaired) electrons. The van der Waals surface area contributed by atoms with Gasteiger partial charge in [0.15, 0.2) is 5.78 Å². The average molecular weight is 359 g/mol. The quantitative estimate of drug-likeness (QED) is 0.256. The molecule has 134 valence electrons. The lowest BCUT2D eigenvalue weighted by molar-refractivity contribution is -0.384. The Morgan fingerprint density at radius 3 is 2.41 bits per heavy atom. The predicted molar refractivity (Wildman–Crippen MR) is 104 cm³/mol. The first-order valence-corrected chi connectivity index (χ1v) is 8.35. The lowest BCUT2D eigenvalue weighted by Crippen LogP contribution is -1.96. The summed E-state index contributed by atoms with van der Waals surface area (Å²) in [7, 11) is 0. The van der Waals surface area contributed by atoms with E-state index < -0.39 is 4.92 Å². The van der Waals surface area contributed by atoms with E-state index in [-0.39, 0.29) is 17.0 Å². The summed E-state index contributed by atoms with van der Waals surface area (Å²) in [5, 5.41) is 10.8. The van der Waals surface area contributed by atoms with Gasteiger partial charge in [-0.2, -0.15) is 0 Å². The number of nitrogens with zero attached hydrogens (tertiary/aromatic N) is 1. The third kappa shape index (κ3) is 5.12. The summed E-state index contributed by atoms with van der Waals surface area (Å²) < 4.78 is 5.72. The number of benzene rings is 3. The number of ketones is 1. The van der Waals surface area contributed by atoms with Crippen molar-refractivity contribution in [3.63, 3.8) is 0 Å². The first kappa shape index (κ1) is 18.1. The van der Waals surface area contributed by atoms with Crippen LogP contribution < -0.4 is 4.74 Å². The van der Waals surface area contributed by atoms with Gasteiger partial charge in [0.25, 0.3) is 5.69 Å². The molecule has 0 N–H and O–H groups in total.